The first-order valence-corrected chi connectivity index (χ1v) is 5.21. The summed E-state index contributed by atoms with van der Waals surface area (Å²) in [6.07, 6.45) is 0. The normalized spacial score (nSPS) is 9.47. The topological polar surface area (TPSA) is 56.8 Å². The highest BCUT2D eigenvalue weighted by atomic mass is 19.1. The molecule has 0 unspecified atom stereocenters. The second-order valence-corrected chi connectivity index (χ2v) is 3.61. The van der Waals surface area contributed by atoms with E-state index in [0.29, 0.717) is 0 Å². The van der Waals surface area contributed by atoms with Gasteiger partial charge in [-0.2, -0.15) is 10.5 Å². The molecule has 5 heteroatoms. The van der Waals surface area contributed by atoms with Crippen LogP contribution in [0.5, 0.6) is 11.5 Å². The van der Waals surface area contributed by atoms with Gasteiger partial charge in [0.15, 0.2) is 0 Å². The molecule has 92 valence electrons. The van der Waals surface area contributed by atoms with Crippen molar-refractivity contribution in [2.75, 3.05) is 0 Å². The van der Waals surface area contributed by atoms with Gasteiger partial charge in [-0.05, 0) is 24.3 Å². The predicted molar refractivity (Wildman–Crippen MR) is 62.3 cm³/mol. The Bertz CT molecular complexity index is 653. The quantitative estimate of drug-likeness (QED) is 0.826. The molecule has 2 rings (SSSR count). The lowest BCUT2D eigenvalue weighted by Crippen LogP contribution is -1.90. The molecule has 0 bridgehead atoms. The first kappa shape index (κ1) is 12.5. The number of nitriles is 2. The fourth-order valence-electron chi connectivity index (χ4n) is 1.44. The smallest absolute Gasteiger partial charge is 0.144 e. The number of halogens is 2. The van der Waals surface area contributed by atoms with E-state index in [2.05, 4.69) is 0 Å². The minimum atomic E-state index is -0.714. The van der Waals surface area contributed by atoms with E-state index in [1.165, 1.54) is 24.3 Å². The van der Waals surface area contributed by atoms with Crippen molar-refractivity contribution in [1.29, 1.82) is 10.5 Å². The maximum atomic E-state index is 13.3. The summed E-state index contributed by atoms with van der Waals surface area (Å²) < 4.78 is 31.9. The number of benzene rings is 2. The summed E-state index contributed by atoms with van der Waals surface area (Å²) in [4.78, 5) is 0. The Balaban J connectivity index is 2.27. The van der Waals surface area contributed by atoms with Gasteiger partial charge in [-0.25, -0.2) is 8.78 Å². The van der Waals surface area contributed by atoms with Gasteiger partial charge in [-0.1, -0.05) is 0 Å². The van der Waals surface area contributed by atoms with Crippen LogP contribution in [0.15, 0.2) is 36.4 Å². The fourth-order valence-corrected chi connectivity index (χ4v) is 1.44. The van der Waals surface area contributed by atoms with Crippen LogP contribution >= 0.6 is 0 Å². The monoisotopic (exact) mass is 256 g/mol. The van der Waals surface area contributed by atoms with Crippen LogP contribution < -0.4 is 4.74 Å². The van der Waals surface area contributed by atoms with E-state index in [-0.39, 0.29) is 22.6 Å². The maximum Gasteiger partial charge on any atom is 0.144 e. The van der Waals surface area contributed by atoms with E-state index in [1.54, 1.807) is 12.1 Å². The van der Waals surface area contributed by atoms with Crippen LogP contribution in [0.4, 0.5) is 8.78 Å². The zero-order chi connectivity index (χ0) is 13.8. The average molecular weight is 256 g/mol. The van der Waals surface area contributed by atoms with E-state index in [0.717, 1.165) is 12.1 Å². The summed E-state index contributed by atoms with van der Waals surface area (Å²) in [5, 5.41) is 17.2. The highest BCUT2D eigenvalue weighted by Gasteiger charge is 2.07. The van der Waals surface area contributed by atoms with Crippen molar-refractivity contribution >= 4 is 0 Å². The molecule has 3 nitrogen and oxygen atoms in total. The molecule has 0 N–H and O–H groups in total. The minimum Gasteiger partial charge on any atom is -0.457 e. The third kappa shape index (κ3) is 2.67. The second kappa shape index (κ2) is 5.16. The molecular weight excluding hydrogens is 250 g/mol. The van der Waals surface area contributed by atoms with Crippen molar-refractivity contribution in [2.45, 2.75) is 0 Å². The third-order valence-electron chi connectivity index (χ3n) is 2.36. The van der Waals surface area contributed by atoms with Crippen LogP contribution in [-0.2, 0) is 0 Å². The Morgan fingerprint density at radius 2 is 1.21 bits per heavy atom. The number of nitrogens with zero attached hydrogens (tertiary/aromatic N) is 2. The number of hydrogen-bond donors (Lipinski definition) is 0. The highest BCUT2D eigenvalue weighted by molar-refractivity contribution is 5.41. The molecule has 19 heavy (non-hydrogen) atoms. The lowest BCUT2D eigenvalue weighted by molar-refractivity contribution is 0.471. The van der Waals surface area contributed by atoms with Gasteiger partial charge in [0, 0.05) is 12.1 Å². The molecule has 0 amide bonds. The minimum absolute atomic E-state index is 0.0987. The largest absolute Gasteiger partial charge is 0.457 e. The molecule has 0 spiro atoms. The van der Waals surface area contributed by atoms with Gasteiger partial charge in [0.25, 0.3) is 0 Å². The van der Waals surface area contributed by atoms with Gasteiger partial charge in [-0.15, -0.1) is 0 Å². The first-order valence-electron chi connectivity index (χ1n) is 5.21. The summed E-state index contributed by atoms with van der Waals surface area (Å²) in [5.74, 6) is -1.15. The molecule has 0 fully saturated rings. The van der Waals surface area contributed by atoms with Crippen LogP contribution in [0.2, 0.25) is 0 Å². The Hall–Kier alpha value is -2.92. The number of ether oxygens (including phenoxy) is 1. The summed E-state index contributed by atoms with van der Waals surface area (Å²) >= 11 is 0. The van der Waals surface area contributed by atoms with Gasteiger partial charge in [0.1, 0.15) is 35.3 Å². The first-order chi connectivity index (χ1) is 9.13. The lowest BCUT2D eigenvalue weighted by Gasteiger charge is -2.06. The SMILES string of the molecule is N#Cc1ccc(Oc2ccc(C#N)c(F)c2)cc1F. The number of hydrogen-bond acceptors (Lipinski definition) is 3. The van der Waals surface area contributed by atoms with E-state index >= 15 is 0 Å². The molecule has 0 radical (unpaired) electrons. The van der Waals surface area contributed by atoms with Crippen molar-refractivity contribution in [2.24, 2.45) is 0 Å². The molecule has 0 aliphatic carbocycles. The molecule has 0 aliphatic rings. The highest BCUT2D eigenvalue weighted by Crippen LogP contribution is 2.24. The van der Waals surface area contributed by atoms with Gasteiger partial charge in [-0.3, -0.25) is 0 Å². The molecule has 0 heterocycles. The van der Waals surface area contributed by atoms with E-state index in [1.807, 2.05) is 0 Å². The summed E-state index contributed by atoms with van der Waals surface area (Å²) in [6.45, 7) is 0. The van der Waals surface area contributed by atoms with Crippen molar-refractivity contribution in [1.82, 2.24) is 0 Å². The van der Waals surface area contributed by atoms with Crippen LogP contribution in [-0.4, -0.2) is 0 Å². The third-order valence-corrected chi connectivity index (χ3v) is 2.36. The van der Waals surface area contributed by atoms with E-state index < -0.39 is 11.6 Å². The Morgan fingerprint density at radius 1 is 0.789 bits per heavy atom. The van der Waals surface area contributed by atoms with Crippen molar-refractivity contribution < 1.29 is 13.5 Å². The summed E-state index contributed by atoms with van der Waals surface area (Å²) in [5.41, 5.74) is -0.197. The van der Waals surface area contributed by atoms with Crippen molar-refractivity contribution in [3.8, 4) is 23.6 Å². The van der Waals surface area contributed by atoms with Crippen LogP contribution in [0.25, 0.3) is 0 Å². The Kier molecular flexibility index (Phi) is 3.40. The van der Waals surface area contributed by atoms with Crippen LogP contribution in [0, 0.1) is 34.3 Å². The zero-order valence-corrected chi connectivity index (χ0v) is 9.52. The average Bonchev–Trinajstić information content (AvgIpc) is 2.39. The molecular formula is C14H6F2N2O. The van der Waals surface area contributed by atoms with Crippen molar-refractivity contribution in [3.05, 3.63) is 59.2 Å². The van der Waals surface area contributed by atoms with Gasteiger partial charge >= 0.3 is 0 Å². The molecule has 0 aliphatic heterocycles. The van der Waals surface area contributed by atoms with Gasteiger partial charge < -0.3 is 4.74 Å². The van der Waals surface area contributed by atoms with E-state index in [9.17, 15) is 8.78 Å². The molecule has 2 aromatic carbocycles. The Morgan fingerprint density at radius 3 is 1.53 bits per heavy atom. The lowest BCUT2D eigenvalue weighted by atomic mass is 10.2. The standard InChI is InChI=1S/C14H6F2N2O/c15-13-5-11(3-1-9(13)7-17)19-12-4-2-10(8-18)14(16)6-12/h1-6H. The van der Waals surface area contributed by atoms with Gasteiger partial charge in [0.05, 0.1) is 11.1 Å². The number of rotatable bonds is 2. The predicted octanol–water partition coefficient (Wildman–Crippen LogP) is 3.50. The van der Waals surface area contributed by atoms with E-state index in [4.69, 9.17) is 15.3 Å². The molecule has 0 saturated heterocycles. The van der Waals surface area contributed by atoms with Gasteiger partial charge in [0.2, 0.25) is 0 Å². The molecule has 0 aromatic heterocycles. The summed E-state index contributed by atoms with van der Waals surface area (Å²) in [7, 11) is 0. The van der Waals surface area contributed by atoms with Crippen LogP contribution in [0.3, 0.4) is 0 Å². The van der Waals surface area contributed by atoms with Crippen LogP contribution in [0.1, 0.15) is 11.1 Å². The molecule has 2 aromatic rings. The second-order valence-electron chi connectivity index (χ2n) is 3.61. The Labute approximate surface area is 107 Å². The van der Waals surface area contributed by atoms with Crippen molar-refractivity contribution in [3.63, 3.8) is 0 Å². The fraction of sp³-hybridized carbons (Fsp3) is 0. The zero-order valence-electron chi connectivity index (χ0n) is 9.52. The maximum absolute atomic E-state index is 13.3. The molecule has 0 saturated carbocycles. The summed E-state index contributed by atoms with van der Waals surface area (Å²) in [6, 6.07) is 10.8. The molecule has 0 atom stereocenters.